The summed E-state index contributed by atoms with van der Waals surface area (Å²) >= 11 is 0. The lowest BCUT2D eigenvalue weighted by atomic mass is 9.91. The van der Waals surface area contributed by atoms with Gasteiger partial charge in [-0.05, 0) is 55.1 Å². The van der Waals surface area contributed by atoms with Crippen LogP contribution in [0.3, 0.4) is 0 Å². The third-order valence-electron chi connectivity index (χ3n) is 5.44. The maximum absolute atomic E-state index is 11.3. The fourth-order valence-corrected chi connectivity index (χ4v) is 3.74. The number of carboxylic acid groups (broad SMARTS) is 1. The van der Waals surface area contributed by atoms with Crippen molar-refractivity contribution in [3.8, 4) is 0 Å². The van der Waals surface area contributed by atoms with Crippen LogP contribution in [0.2, 0.25) is 0 Å². The molecule has 1 fully saturated rings. The van der Waals surface area contributed by atoms with Crippen LogP contribution >= 0.6 is 0 Å². The first-order valence-corrected chi connectivity index (χ1v) is 9.51. The van der Waals surface area contributed by atoms with E-state index >= 15 is 0 Å². The van der Waals surface area contributed by atoms with E-state index in [9.17, 15) is 9.90 Å². The topological polar surface area (TPSA) is 53.4 Å². The van der Waals surface area contributed by atoms with Crippen molar-refractivity contribution in [1.82, 2.24) is 9.88 Å². The van der Waals surface area contributed by atoms with E-state index in [0.717, 1.165) is 38.0 Å². The second kappa shape index (κ2) is 8.45. The van der Waals surface area contributed by atoms with Crippen molar-refractivity contribution in [2.45, 2.75) is 45.1 Å². The molecule has 0 radical (unpaired) electrons. The highest BCUT2D eigenvalue weighted by molar-refractivity contribution is 5.70. The first-order valence-electron chi connectivity index (χ1n) is 9.51. The maximum Gasteiger partial charge on any atom is 0.306 e. The second-order valence-corrected chi connectivity index (χ2v) is 7.51. The van der Waals surface area contributed by atoms with Crippen LogP contribution in [0.5, 0.6) is 0 Å². The van der Waals surface area contributed by atoms with Crippen LogP contribution in [0.1, 0.15) is 55.5 Å². The minimum Gasteiger partial charge on any atom is -0.481 e. The molecule has 1 aliphatic heterocycles. The summed E-state index contributed by atoms with van der Waals surface area (Å²) in [5.74, 6) is -0.345. The Morgan fingerprint density at radius 2 is 1.77 bits per heavy atom. The van der Waals surface area contributed by atoms with E-state index in [4.69, 9.17) is 0 Å². The standard InChI is InChI=1S/C22H28N2O2/c1-16(2)17-6-8-18(9-7-17)21(15-20-5-3-4-12-23-20)24-13-10-19(11-14-24)22(25)26/h3-9,12,16,19,21H,10-11,13-15H2,1-2H3,(H,25,26). The Kier molecular flexibility index (Phi) is 6.04. The minimum absolute atomic E-state index is 0.204. The molecule has 1 aromatic heterocycles. The molecule has 2 aromatic rings. The summed E-state index contributed by atoms with van der Waals surface area (Å²) in [6.45, 7) is 6.05. The van der Waals surface area contributed by atoms with E-state index in [1.807, 2.05) is 18.3 Å². The molecule has 0 spiro atoms. The number of nitrogens with zero attached hydrogens (tertiary/aromatic N) is 2. The molecule has 1 aromatic carbocycles. The zero-order valence-corrected chi connectivity index (χ0v) is 15.6. The Hall–Kier alpha value is -2.20. The smallest absolute Gasteiger partial charge is 0.306 e. The number of benzene rings is 1. The summed E-state index contributed by atoms with van der Waals surface area (Å²) in [6, 6.07) is 15.2. The second-order valence-electron chi connectivity index (χ2n) is 7.51. The van der Waals surface area contributed by atoms with E-state index in [1.165, 1.54) is 11.1 Å². The van der Waals surface area contributed by atoms with Crippen LogP contribution in [0.25, 0.3) is 0 Å². The Morgan fingerprint density at radius 1 is 1.12 bits per heavy atom. The first kappa shape index (κ1) is 18.6. The molecule has 1 N–H and O–H groups in total. The maximum atomic E-state index is 11.3. The fraction of sp³-hybridized carbons (Fsp3) is 0.455. The molecule has 3 rings (SSSR count). The third-order valence-corrected chi connectivity index (χ3v) is 5.44. The summed E-state index contributed by atoms with van der Waals surface area (Å²) in [4.78, 5) is 18.2. The molecule has 1 aliphatic rings. The van der Waals surface area contributed by atoms with Crippen LogP contribution < -0.4 is 0 Å². The molecule has 0 amide bonds. The van der Waals surface area contributed by atoms with Crippen LogP contribution in [0.15, 0.2) is 48.7 Å². The molecule has 1 saturated heterocycles. The Bertz CT molecular complexity index is 705. The predicted octanol–water partition coefficient (Wildman–Crippen LogP) is 4.29. The van der Waals surface area contributed by atoms with Gasteiger partial charge in [-0.25, -0.2) is 0 Å². The van der Waals surface area contributed by atoms with Crippen molar-refractivity contribution in [2.75, 3.05) is 13.1 Å². The average molecular weight is 352 g/mol. The minimum atomic E-state index is -0.660. The highest BCUT2D eigenvalue weighted by atomic mass is 16.4. The largest absolute Gasteiger partial charge is 0.481 e. The van der Waals surface area contributed by atoms with Crippen molar-refractivity contribution in [1.29, 1.82) is 0 Å². The first-order chi connectivity index (χ1) is 12.5. The normalized spacial score (nSPS) is 17.3. The highest BCUT2D eigenvalue weighted by Gasteiger charge is 2.29. The SMILES string of the molecule is CC(C)c1ccc(C(Cc2ccccn2)N2CCC(C(=O)O)CC2)cc1. The van der Waals surface area contributed by atoms with Gasteiger partial charge in [-0.1, -0.05) is 44.2 Å². The molecular formula is C22H28N2O2. The Balaban J connectivity index is 1.81. The molecule has 4 heteroatoms. The molecular weight excluding hydrogens is 324 g/mol. The zero-order valence-electron chi connectivity index (χ0n) is 15.6. The summed E-state index contributed by atoms with van der Waals surface area (Å²) in [5.41, 5.74) is 3.70. The molecule has 0 aliphatic carbocycles. The summed E-state index contributed by atoms with van der Waals surface area (Å²) in [7, 11) is 0. The molecule has 1 unspecified atom stereocenters. The Labute approximate surface area is 155 Å². The molecule has 1 atom stereocenters. The lowest BCUT2D eigenvalue weighted by molar-refractivity contribution is -0.143. The van der Waals surface area contributed by atoms with Crippen LogP contribution in [-0.2, 0) is 11.2 Å². The predicted molar refractivity (Wildman–Crippen MR) is 103 cm³/mol. The van der Waals surface area contributed by atoms with Crippen LogP contribution in [-0.4, -0.2) is 34.0 Å². The number of carbonyl (C=O) groups is 1. The lowest BCUT2D eigenvalue weighted by Gasteiger charge is -2.37. The van der Waals surface area contributed by atoms with Crippen molar-refractivity contribution in [3.05, 3.63) is 65.5 Å². The molecule has 4 nitrogen and oxygen atoms in total. The number of likely N-dealkylation sites (tertiary alicyclic amines) is 1. The van der Waals surface area contributed by atoms with Gasteiger partial charge < -0.3 is 5.11 Å². The van der Waals surface area contributed by atoms with E-state index in [0.29, 0.717) is 5.92 Å². The zero-order chi connectivity index (χ0) is 18.5. The van der Waals surface area contributed by atoms with Crippen molar-refractivity contribution in [3.63, 3.8) is 0 Å². The van der Waals surface area contributed by atoms with Crippen molar-refractivity contribution >= 4 is 5.97 Å². The summed E-state index contributed by atoms with van der Waals surface area (Å²) in [6.07, 6.45) is 4.13. The van der Waals surface area contributed by atoms with E-state index in [1.54, 1.807) is 0 Å². The number of aromatic nitrogens is 1. The molecule has 0 bridgehead atoms. The van der Waals surface area contributed by atoms with Gasteiger partial charge in [0.15, 0.2) is 0 Å². The number of hydrogen-bond donors (Lipinski definition) is 1. The third kappa shape index (κ3) is 4.50. The van der Waals surface area contributed by atoms with Crippen LogP contribution in [0.4, 0.5) is 0 Å². The molecule has 2 heterocycles. The van der Waals surface area contributed by atoms with E-state index < -0.39 is 5.97 Å². The van der Waals surface area contributed by atoms with Gasteiger partial charge in [-0.15, -0.1) is 0 Å². The van der Waals surface area contributed by atoms with Gasteiger partial charge in [0.2, 0.25) is 0 Å². The van der Waals surface area contributed by atoms with Crippen molar-refractivity contribution in [2.24, 2.45) is 5.92 Å². The number of carboxylic acids is 1. The van der Waals surface area contributed by atoms with Gasteiger partial charge in [0.05, 0.1) is 5.92 Å². The molecule has 0 saturated carbocycles. The number of hydrogen-bond acceptors (Lipinski definition) is 3. The average Bonchev–Trinajstić information content (AvgIpc) is 2.67. The number of rotatable bonds is 6. The molecule has 26 heavy (non-hydrogen) atoms. The number of aliphatic carboxylic acids is 1. The Morgan fingerprint density at radius 3 is 2.31 bits per heavy atom. The van der Waals surface area contributed by atoms with Gasteiger partial charge in [-0.3, -0.25) is 14.7 Å². The van der Waals surface area contributed by atoms with E-state index in [-0.39, 0.29) is 12.0 Å². The van der Waals surface area contributed by atoms with Gasteiger partial charge in [0, 0.05) is 24.4 Å². The van der Waals surface area contributed by atoms with Gasteiger partial charge in [0.1, 0.15) is 0 Å². The quantitative estimate of drug-likeness (QED) is 0.843. The van der Waals surface area contributed by atoms with Crippen molar-refractivity contribution < 1.29 is 9.90 Å². The van der Waals surface area contributed by atoms with Crippen LogP contribution in [0, 0.1) is 5.92 Å². The monoisotopic (exact) mass is 352 g/mol. The van der Waals surface area contributed by atoms with Gasteiger partial charge in [-0.2, -0.15) is 0 Å². The number of pyridine rings is 1. The van der Waals surface area contributed by atoms with Gasteiger partial charge >= 0.3 is 5.97 Å². The highest BCUT2D eigenvalue weighted by Crippen LogP contribution is 2.30. The lowest BCUT2D eigenvalue weighted by Crippen LogP contribution is -2.39. The fourth-order valence-electron chi connectivity index (χ4n) is 3.74. The molecule has 138 valence electrons. The summed E-state index contributed by atoms with van der Waals surface area (Å²) < 4.78 is 0. The van der Waals surface area contributed by atoms with Gasteiger partial charge in [0.25, 0.3) is 0 Å². The van der Waals surface area contributed by atoms with E-state index in [2.05, 4.69) is 54.1 Å². The summed E-state index contributed by atoms with van der Waals surface area (Å²) in [5, 5.41) is 9.27. The number of piperidine rings is 1.